The Bertz CT molecular complexity index is 755. The van der Waals surface area contributed by atoms with E-state index >= 15 is 0 Å². The van der Waals surface area contributed by atoms with Gasteiger partial charge in [-0.05, 0) is 67.4 Å². The SMILES string of the molecule is CCCCCCc1ccc(C2=CCCC2)cc1.CCCc1ccc(C(=O)OC)s1. The van der Waals surface area contributed by atoms with E-state index in [1.165, 1.54) is 85.8 Å². The van der Waals surface area contributed by atoms with Crippen LogP contribution in [-0.4, -0.2) is 13.1 Å². The van der Waals surface area contributed by atoms with E-state index in [0.717, 1.165) is 12.8 Å². The first kappa shape index (κ1) is 23.4. The number of esters is 1. The molecule has 0 bridgehead atoms. The van der Waals surface area contributed by atoms with E-state index in [1.807, 2.05) is 12.1 Å². The van der Waals surface area contributed by atoms with E-state index in [0.29, 0.717) is 4.88 Å². The average Bonchev–Trinajstić information content (AvgIpc) is 3.44. The minimum atomic E-state index is -0.234. The van der Waals surface area contributed by atoms with Crippen molar-refractivity contribution in [2.75, 3.05) is 7.11 Å². The number of unbranched alkanes of at least 4 members (excludes halogenated alkanes) is 3. The van der Waals surface area contributed by atoms with Crippen LogP contribution in [0.3, 0.4) is 0 Å². The highest BCUT2D eigenvalue weighted by Gasteiger charge is 2.08. The zero-order valence-corrected chi connectivity index (χ0v) is 19.2. The van der Waals surface area contributed by atoms with Gasteiger partial charge >= 0.3 is 5.97 Å². The summed E-state index contributed by atoms with van der Waals surface area (Å²) in [6.07, 6.45) is 15.1. The largest absolute Gasteiger partial charge is 0.465 e. The van der Waals surface area contributed by atoms with E-state index < -0.39 is 0 Å². The maximum absolute atomic E-state index is 11.0. The van der Waals surface area contributed by atoms with Crippen LogP contribution in [0.4, 0.5) is 0 Å². The molecular weight excluding hydrogens is 376 g/mol. The maximum Gasteiger partial charge on any atom is 0.348 e. The van der Waals surface area contributed by atoms with Gasteiger partial charge in [0.2, 0.25) is 0 Å². The van der Waals surface area contributed by atoms with Crippen LogP contribution in [0.2, 0.25) is 0 Å². The highest BCUT2D eigenvalue weighted by Crippen LogP contribution is 2.27. The molecule has 0 saturated heterocycles. The fraction of sp³-hybridized carbons (Fsp3) is 0.500. The predicted octanol–water partition coefficient (Wildman–Crippen LogP) is 7.86. The lowest BCUT2D eigenvalue weighted by Gasteiger charge is -2.05. The van der Waals surface area contributed by atoms with E-state index in [4.69, 9.17) is 0 Å². The number of methoxy groups -OCH3 is 1. The van der Waals surface area contributed by atoms with Gasteiger partial charge in [-0.15, -0.1) is 11.3 Å². The summed E-state index contributed by atoms with van der Waals surface area (Å²) in [4.78, 5) is 13.0. The quantitative estimate of drug-likeness (QED) is 0.309. The predicted molar refractivity (Wildman–Crippen MR) is 126 cm³/mol. The van der Waals surface area contributed by atoms with E-state index in [-0.39, 0.29) is 5.97 Å². The molecule has 1 aliphatic rings. The van der Waals surface area contributed by atoms with Gasteiger partial charge in [-0.1, -0.05) is 69.9 Å². The van der Waals surface area contributed by atoms with E-state index in [1.54, 1.807) is 5.57 Å². The first-order valence-corrected chi connectivity index (χ1v) is 11.9. The van der Waals surface area contributed by atoms with Gasteiger partial charge in [0.1, 0.15) is 4.88 Å². The van der Waals surface area contributed by atoms with Crippen LogP contribution >= 0.6 is 11.3 Å². The maximum atomic E-state index is 11.0. The molecule has 1 aromatic heterocycles. The summed E-state index contributed by atoms with van der Waals surface area (Å²) in [7, 11) is 1.40. The Kier molecular flexibility index (Phi) is 10.8. The summed E-state index contributed by atoms with van der Waals surface area (Å²) in [5.41, 5.74) is 4.51. The van der Waals surface area contributed by atoms with Gasteiger partial charge in [-0.3, -0.25) is 0 Å². The van der Waals surface area contributed by atoms with Crippen molar-refractivity contribution in [2.45, 2.75) is 78.1 Å². The Balaban J connectivity index is 0.000000221. The standard InChI is InChI=1S/C17H24.C9H12O2S/c1-2-3-4-5-8-15-11-13-17(14-12-15)16-9-6-7-10-16;1-3-4-7-5-6-8(12-7)9(10)11-2/h9,11-14H,2-8,10H2,1H3;5-6H,3-4H2,1-2H3. The smallest absolute Gasteiger partial charge is 0.348 e. The van der Waals surface area contributed by atoms with Gasteiger partial charge in [0.25, 0.3) is 0 Å². The highest BCUT2D eigenvalue weighted by atomic mass is 32.1. The van der Waals surface area contributed by atoms with Crippen molar-refractivity contribution in [3.63, 3.8) is 0 Å². The number of aryl methyl sites for hydroxylation is 2. The highest BCUT2D eigenvalue weighted by molar-refractivity contribution is 7.13. The van der Waals surface area contributed by atoms with Crippen molar-refractivity contribution in [1.29, 1.82) is 0 Å². The zero-order chi connectivity index (χ0) is 20.9. The summed E-state index contributed by atoms with van der Waals surface area (Å²) in [6.45, 7) is 4.39. The van der Waals surface area contributed by atoms with Crippen LogP contribution in [0, 0.1) is 0 Å². The molecule has 3 heteroatoms. The van der Waals surface area contributed by atoms with Crippen molar-refractivity contribution in [3.05, 3.63) is 63.4 Å². The molecule has 29 heavy (non-hydrogen) atoms. The molecule has 1 aromatic carbocycles. The second-order valence-electron chi connectivity index (χ2n) is 7.64. The van der Waals surface area contributed by atoms with Gasteiger partial charge in [0.15, 0.2) is 0 Å². The van der Waals surface area contributed by atoms with Crippen molar-refractivity contribution in [1.82, 2.24) is 0 Å². The Morgan fingerprint density at radius 3 is 2.38 bits per heavy atom. The average molecular weight is 413 g/mol. The summed E-state index contributed by atoms with van der Waals surface area (Å²) in [6, 6.07) is 13.1. The molecule has 2 nitrogen and oxygen atoms in total. The zero-order valence-electron chi connectivity index (χ0n) is 18.3. The molecule has 2 aromatic rings. The van der Waals surface area contributed by atoms with Crippen LogP contribution in [0.5, 0.6) is 0 Å². The molecule has 0 fully saturated rings. The first-order valence-electron chi connectivity index (χ1n) is 11.1. The van der Waals surface area contributed by atoms with Crippen molar-refractivity contribution in [3.8, 4) is 0 Å². The molecule has 0 atom stereocenters. The van der Waals surface area contributed by atoms with Crippen LogP contribution in [-0.2, 0) is 17.6 Å². The van der Waals surface area contributed by atoms with Crippen molar-refractivity contribution >= 4 is 22.9 Å². The van der Waals surface area contributed by atoms with E-state index in [9.17, 15) is 4.79 Å². The molecule has 0 spiro atoms. The number of ether oxygens (including phenoxy) is 1. The lowest BCUT2D eigenvalue weighted by molar-refractivity contribution is 0.0606. The molecule has 1 heterocycles. The third-order valence-electron chi connectivity index (χ3n) is 5.23. The Morgan fingerprint density at radius 1 is 0.966 bits per heavy atom. The number of allylic oxidation sites excluding steroid dienone is 2. The summed E-state index contributed by atoms with van der Waals surface area (Å²) < 4.78 is 4.60. The number of thiophene rings is 1. The lowest BCUT2D eigenvalue weighted by Crippen LogP contribution is -1.96. The van der Waals surface area contributed by atoms with Gasteiger partial charge in [-0.2, -0.15) is 0 Å². The summed E-state index contributed by atoms with van der Waals surface area (Å²) >= 11 is 1.52. The van der Waals surface area contributed by atoms with Gasteiger partial charge in [0.05, 0.1) is 7.11 Å². The molecule has 1 aliphatic carbocycles. The van der Waals surface area contributed by atoms with Crippen LogP contribution < -0.4 is 0 Å². The molecule has 0 saturated carbocycles. The van der Waals surface area contributed by atoms with E-state index in [2.05, 4.69) is 48.9 Å². The second-order valence-corrected chi connectivity index (χ2v) is 8.81. The topological polar surface area (TPSA) is 26.3 Å². The molecular formula is C26H36O2S. The first-order chi connectivity index (χ1) is 14.2. The Labute approximate surface area is 181 Å². The number of benzene rings is 1. The molecule has 0 aliphatic heterocycles. The third-order valence-corrected chi connectivity index (χ3v) is 6.35. The fourth-order valence-electron chi connectivity index (χ4n) is 3.54. The minimum absolute atomic E-state index is 0.234. The van der Waals surface area contributed by atoms with Crippen LogP contribution in [0.15, 0.2) is 42.5 Å². The van der Waals surface area contributed by atoms with Gasteiger partial charge < -0.3 is 4.74 Å². The van der Waals surface area contributed by atoms with Gasteiger partial charge in [0, 0.05) is 4.88 Å². The Hall–Kier alpha value is -1.87. The molecule has 0 amide bonds. The number of carbonyl (C=O) groups is 1. The summed E-state index contributed by atoms with van der Waals surface area (Å²) in [5.74, 6) is -0.234. The molecule has 0 radical (unpaired) electrons. The minimum Gasteiger partial charge on any atom is -0.465 e. The second kappa shape index (κ2) is 13.4. The van der Waals surface area contributed by atoms with Crippen molar-refractivity contribution < 1.29 is 9.53 Å². The number of hydrogen-bond acceptors (Lipinski definition) is 3. The number of carbonyl (C=O) groups excluding carboxylic acids is 1. The summed E-state index contributed by atoms with van der Waals surface area (Å²) in [5, 5.41) is 0. The van der Waals surface area contributed by atoms with Gasteiger partial charge in [-0.25, -0.2) is 4.79 Å². The monoisotopic (exact) mass is 412 g/mol. The Morgan fingerprint density at radius 2 is 1.76 bits per heavy atom. The fourth-order valence-corrected chi connectivity index (χ4v) is 4.57. The molecule has 0 N–H and O–H groups in total. The van der Waals surface area contributed by atoms with Crippen LogP contribution in [0.1, 0.15) is 90.9 Å². The molecule has 158 valence electrons. The third kappa shape index (κ3) is 8.18. The normalized spacial score (nSPS) is 12.9. The van der Waals surface area contributed by atoms with Crippen molar-refractivity contribution in [2.24, 2.45) is 0 Å². The number of rotatable bonds is 9. The van der Waals surface area contributed by atoms with Crippen LogP contribution in [0.25, 0.3) is 5.57 Å². The molecule has 3 rings (SSSR count). The lowest BCUT2D eigenvalue weighted by atomic mass is 10.0. The number of hydrogen-bond donors (Lipinski definition) is 0. The molecule has 0 unspecified atom stereocenters.